The molecule has 2 aromatic carbocycles. The lowest BCUT2D eigenvalue weighted by atomic mass is 9.95. The largest absolute Gasteiger partial charge is 0.496 e. The second kappa shape index (κ2) is 10.7. The number of esters is 1. The van der Waals surface area contributed by atoms with Gasteiger partial charge in [0.2, 0.25) is 0 Å². The topological polar surface area (TPSA) is 74.8 Å². The lowest BCUT2D eigenvalue weighted by Crippen LogP contribution is -2.40. The van der Waals surface area contributed by atoms with E-state index in [1.807, 2.05) is 68.5 Å². The number of para-hydroxylation sites is 1. The molecule has 3 heterocycles. The molecule has 1 aliphatic heterocycles. The van der Waals surface area contributed by atoms with Crippen molar-refractivity contribution in [1.29, 1.82) is 0 Å². The van der Waals surface area contributed by atoms with Crippen LogP contribution in [0.1, 0.15) is 42.4 Å². The molecule has 0 aliphatic carbocycles. The number of hydrogen-bond donors (Lipinski definition) is 0. The maximum Gasteiger partial charge on any atom is 0.338 e. The third kappa shape index (κ3) is 4.75. The van der Waals surface area contributed by atoms with E-state index in [1.54, 1.807) is 25.5 Å². The van der Waals surface area contributed by atoms with Gasteiger partial charge in [0, 0.05) is 27.7 Å². The Hall–Kier alpha value is -3.88. The zero-order chi connectivity index (χ0) is 27.8. The van der Waals surface area contributed by atoms with Crippen LogP contribution >= 0.6 is 22.9 Å². The Kier molecular flexibility index (Phi) is 7.34. The Labute approximate surface area is 234 Å². The zero-order valence-electron chi connectivity index (χ0n) is 22.3. The number of allylic oxidation sites excluding steroid dienone is 1. The summed E-state index contributed by atoms with van der Waals surface area (Å²) in [6, 6.07) is 16.3. The van der Waals surface area contributed by atoms with Crippen LogP contribution in [0.4, 0.5) is 0 Å². The minimum atomic E-state index is -0.736. The Morgan fingerprint density at radius 1 is 1.13 bits per heavy atom. The van der Waals surface area contributed by atoms with Gasteiger partial charge in [-0.3, -0.25) is 9.36 Å². The van der Waals surface area contributed by atoms with Gasteiger partial charge in [-0.05, 0) is 75.7 Å². The van der Waals surface area contributed by atoms with Crippen molar-refractivity contribution in [3.05, 3.63) is 113 Å². The van der Waals surface area contributed by atoms with E-state index in [4.69, 9.17) is 21.1 Å². The predicted molar refractivity (Wildman–Crippen MR) is 154 cm³/mol. The number of ether oxygens (including phenoxy) is 2. The second-order valence-electron chi connectivity index (χ2n) is 9.18. The van der Waals surface area contributed by atoms with Gasteiger partial charge in [-0.2, -0.15) is 0 Å². The van der Waals surface area contributed by atoms with Crippen LogP contribution in [0.25, 0.3) is 11.8 Å². The maximum absolute atomic E-state index is 14.0. The molecule has 9 heteroatoms. The summed E-state index contributed by atoms with van der Waals surface area (Å²) in [5.41, 5.74) is 5.21. The summed E-state index contributed by atoms with van der Waals surface area (Å²) in [6.07, 6.45) is 1.89. The number of thiazole rings is 1. The number of fused-ring (bicyclic) bond motifs is 1. The highest BCUT2D eigenvalue weighted by Crippen LogP contribution is 2.35. The van der Waals surface area contributed by atoms with Crippen molar-refractivity contribution in [1.82, 2.24) is 9.13 Å². The summed E-state index contributed by atoms with van der Waals surface area (Å²) in [4.78, 5) is 32.3. The summed E-state index contributed by atoms with van der Waals surface area (Å²) in [5, 5.41) is 0.671. The van der Waals surface area contributed by atoms with Crippen LogP contribution in [0.2, 0.25) is 5.02 Å². The van der Waals surface area contributed by atoms with E-state index >= 15 is 0 Å². The molecule has 0 fully saturated rings. The zero-order valence-corrected chi connectivity index (χ0v) is 23.9. The van der Waals surface area contributed by atoms with E-state index in [2.05, 4.69) is 15.6 Å². The third-order valence-electron chi connectivity index (χ3n) is 6.79. The molecule has 0 bridgehead atoms. The number of methoxy groups -OCH3 is 1. The standard InChI is InChI=1S/C30H28ClN3O4S/c1-6-38-29(36)26-18(3)32-30-34(27(26)23-9-7-8-10-24(23)37-5)28(35)25(39-30)16-20-15-17(2)33(19(20)4)22-13-11-21(31)12-14-22/h7-16,27H,6H2,1-5H3. The fourth-order valence-corrected chi connectivity index (χ4v) is 6.20. The van der Waals surface area contributed by atoms with Crippen molar-refractivity contribution < 1.29 is 14.3 Å². The summed E-state index contributed by atoms with van der Waals surface area (Å²) >= 11 is 7.39. The highest BCUT2D eigenvalue weighted by molar-refractivity contribution is 7.07. The maximum atomic E-state index is 14.0. The van der Waals surface area contributed by atoms with Crippen LogP contribution in [0.5, 0.6) is 5.75 Å². The van der Waals surface area contributed by atoms with Crippen molar-refractivity contribution in [2.45, 2.75) is 33.7 Å². The van der Waals surface area contributed by atoms with E-state index in [0.29, 0.717) is 36.9 Å². The van der Waals surface area contributed by atoms with Gasteiger partial charge in [-0.15, -0.1) is 0 Å². The summed E-state index contributed by atoms with van der Waals surface area (Å²) in [5.74, 6) is 0.0653. The van der Waals surface area contributed by atoms with Crippen LogP contribution in [0.15, 0.2) is 75.7 Å². The number of nitrogens with zero attached hydrogens (tertiary/aromatic N) is 3. The molecule has 1 aliphatic rings. The fourth-order valence-electron chi connectivity index (χ4n) is 5.04. The smallest absolute Gasteiger partial charge is 0.338 e. The monoisotopic (exact) mass is 561 g/mol. The molecule has 0 saturated carbocycles. The van der Waals surface area contributed by atoms with E-state index in [9.17, 15) is 9.59 Å². The number of aromatic nitrogens is 2. The number of rotatable bonds is 6. The number of benzene rings is 2. The minimum Gasteiger partial charge on any atom is -0.496 e. The first kappa shape index (κ1) is 26.7. The Bertz CT molecular complexity index is 1790. The molecular formula is C30H28ClN3O4S. The molecule has 0 spiro atoms. The summed E-state index contributed by atoms with van der Waals surface area (Å²) < 4.78 is 15.2. The highest BCUT2D eigenvalue weighted by atomic mass is 35.5. The molecule has 4 aromatic rings. The van der Waals surface area contributed by atoms with E-state index in [0.717, 1.165) is 22.6 Å². The minimum absolute atomic E-state index is 0.210. The third-order valence-corrected chi connectivity index (χ3v) is 8.03. The Morgan fingerprint density at radius 2 is 1.85 bits per heavy atom. The van der Waals surface area contributed by atoms with Crippen LogP contribution in [0, 0.1) is 13.8 Å². The van der Waals surface area contributed by atoms with Gasteiger partial charge in [0.05, 0.1) is 29.5 Å². The number of halogens is 1. The van der Waals surface area contributed by atoms with Gasteiger partial charge >= 0.3 is 5.97 Å². The summed E-state index contributed by atoms with van der Waals surface area (Å²) in [7, 11) is 1.57. The lowest BCUT2D eigenvalue weighted by molar-refractivity contribution is -0.139. The van der Waals surface area contributed by atoms with E-state index in [-0.39, 0.29) is 12.2 Å². The van der Waals surface area contributed by atoms with Gasteiger partial charge in [-0.1, -0.05) is 41.1 Å². The highest BCUT2D eigenvalue weighted by Gasteiger charge is 2.35. The van der Waals surface area contributed by atoms with Crippen LogP contribution in [0.3, 0.4) is 0 Å². The molecular weight excluding hydrogens is 534 g/mol. The first-order valence-electron chi connectivity index (χ1n) is 12.5. The lowest BCUT2D eigenvalue weighted by Gasteiger charge is -2.25. The van der Waals surface area contributed by atoms with Crippen LogP contribution in [-0.2, 0) is 9.53 Å². The Balaban J connectivity index is 1.71. The molecule has 2 aromatic heterocycles. The average molecular weight is 562 g/mol. The van der Waals surface area contributed by atoms with Crippen molar-refractivity contribution in [3.63, 3.8) is 0 Å². The molecule has 1 atom stereocenters. The first-order chi connectivity index (χ1) is 18.7. The molecule has 0 saturated heterocycles. The van der Waals surface area contributed by atoms with Gasteiger partial charge in [-0.25, -0.2) is 9.79 Å². The van der Waals surface area contributed by atoms with Crippen LogP contribution in [-0.4, -0.2) is 28.8 Å². The molecule has 200 valence electrons. The number of aryl methyl sites for hydroxylation is 1. The predicted octanol–water partition coefficient (Wildman–Crippen LogP) is 4.87. The van der Waals surface area contributed by atoms with Gasteiger partial charge in [0.15, 0.2) is 4.80 Å². The van der Waals surface area contributed by atoms with Crippen molar-refractivity contribution >= 4 is 35.0 Å². The number of hydrogen-bond acceptors (Lipinski definition) is 6. The number of carbonyl (C=O) groups is 1. The molecule has 0 amide bonds. The number of carbonyl (C=O) groups excluding carboxylic acids is 1. The van der Waals surface area contributed by atoms with Crippen molar-refractivity contribution in [2.75, 3.05) is 13.7 Å². The van der Waals surface area contributed by atoms with E-state index in [1.165, 1.54) is 11.3 Å². The molecule has 7 nitrogen and oxygen atoms in total. The Morgan fingerprint density at radius 3 is 2.54 bits per heavy atom. The molecule has 1 unspecified atom stereocenters. The second-order valence-corrected chi connectivity index (χ2v) is 10.6. The van der Waals surface area contributed by atoms with E-state index < -0.39 is 12.0 Å². The molecule has 0 N–H and O–H groups in total. The normalized spacial score (nSPS) is 15.2. The van der Waals surface area contributed by atoms with Crippen molar-refractivity contribution in [2.24, 2.45) is 4.99 Å². The van der Waals surface area contributed by atoms with Gasteiger partial charge < -0.3 is 14.0 Å². The summed E-state index contributed by atoms with van der Waals surface area (Å²) in [6.45, 7) is 7.78. The average Bonchev–Trinajstić information content (AvgIpc) is 3.37. The quantitative estimate of drug-likeness (QED) is 0.315. The fraction of sp³-hybridized carbons (Fsp3) is 0.233. The molecule has 39 heavy (non-hydrogen) atoms. The molecule has 0 radical (unpaired) electrons. The van der Waals surface area contributed by atoms with Crippen molar-refractivity contribution in [3.8, 4) is 11.4 Å². The van der Waals surface area contributed by atoms with Crippen LogP contribution < -0.4 is 19.6 Å². The SMILES string of the molecule is CCOC(=O)C1=C(C)N=c2sc(=Cc3cc(C)n(-c4ccc(Cl)cc4)c3C)c(=O)n2C1c1ccccc1OC. The molecule has 5 rings (SSSR count). The first-order valence-corrected chi connectivity index (χ1v) is 13.7. The van der Waals surface area contributed by atoms with Gasteiger partial charge in [0.25, 0.3) is 5.56 Å². The van der Waals surface area contributed by atoms with Gasteiger partial charge in [0.1, 0.15) is 11.8 Å².